The summed E-state index contributed by atoms with van der Waals surface area (Å²) in [5.74, 6) is 1.40. The van der Waals surface area contributed by atoms with E-state index in [1.165, 1.54) is 0 Å². The molecule has 0 spiro atoms. The largest absolute Gasteiger partial charge is 0.497 e. The first kappa shape index (κ1) is 20.5. The summed E-state index contributed by atoms with van der Waals surface area (Å²) < 4.78 is 5.15. The number of methoxy groups -OCH3 is 1. The van der Waals surface area contributed by atoms with Crippen molar-refractivity contribution in [1.82, 2.24) is 15.3 Å². The molecule has 152 valence electrons. The van der Waals surface area contributed by atoms with Crippen molar-refractivity contribution < 1.29 is 14.4 Å². The Morgan fingerprint density at radius 1 is 1.17 bits per heavy atom. The van der Waals surface area contributed by atoms with Crippen LogP contribution in [0.25, 0.3) is 10.9 Å². The molecule has 3 N–H and O–H groups in total. The molecule has 0 aliphatic rings. The van der Waals surface area contributed by atoms with Crippen molar-refractivity contribution >= 4 is 16.8 Å². The van der Waals surface area contributed by atoms with Gasteiger partial charge >= 0.3 is 0 Å². The van der Waals surface area contributed by atoms with E-state index >= 15 is 0 Å². The molecule has 0 aliphatic heterocycles. The van der Waals surface area contributed by atoms with Crippen molar-refractivity contribution in [3.8, 4) is 5.75 Å². The fourth-order valence-electron chi connectivity index (χ4n) is 3.20. The number of benzene rings is 2. The van der Waals surface area contributed by atoms with Crippen LogP contribution in [-0.2, 0) is 17.8 Å². The molecule has 0 fully saturated rings. The predicted octanol–water partition coefficient (Wildman–Crippen LogP) is 0.695. The molecular weight excluding hydrogens is 368 g/mol. The topological polar surface area (TPSA) is 88.5 Å². The van der Waals surface area contributed by atoms with Gasteiger partial charge in [-0.3, -0.25) is 9.59 Å². The number of aromatic nitrogens is 2. The van der Waals surface area contributed by atoms with E-state index in [4.69, 9.17) is 4.74 Å². The van der Waals surface area contributed by atoms with Gasteiger partial charge in [0.05, 0.1) is 24.6 Å². The summed E-state index contributed by atoms with van der Waals surface area (Å²) in [6.45, 7) is 4.16. The number of rotatable bonds is 9. The van der Waals surface area contributed by atoms with Crippen molar-refractivity contribution in [2.24, 2.45) is 0 Å². The number of H-pyrrole nitrogens is 1. The van der Waals surface area contributed by atoms with Gasteiger partial charge in [-0.05, 0) is 43.2 Å². The van der Waals surface area contributed by atoms with Gasteiger partial charge in [0, 0.05) is 6.54 Å². The number of likely N-dealkylation sites (N-methyl/N-ethyl adjacent to an activating group) is 1. The van der Waals surface area contributed by atoms with Crippen molar-refractivity contribution in [2.75, 3.05) is 26.7 Å². The minimum absolute atomic E-state index is 0.0153. The average molecular weight is 395 g/mol. The van der Waals surface area contributed by atoms with E-state index in [1.54, 1.807) is 13.2 Å². The number of amides is 1. The molecular formula is C22H27N4O3+. The predicted molar refractivity (Wildman–Crippen MR) is 112 cm³/mol. The lowest BCUT2D eigenvalue weighted by Crippen LogP contribution is -3.11. The van der Waals surface area contributed by atoms with Gasteiger partial charge in [-0.2, -0.15) is 0 Å². The molecule has 29 heavy (non-hydrogen) atoms. The Bertz CT molecular complexity index is 1010. The summed E-state index contributed by atoms with van der Waals surface area (Å²) in [5, 5.41) is 3.54. The number of carbonyl (C=O) groups is 1. The average Bonchev–Trinajstić information content (AvgIpc) is 2.74. The Balaban J connectivity index is 1.52. The number of nitrogens with one attached hydrogen (secondary N) is 3. The SMILES string of the molecule is CC[NH+](CC(=O)NCCc1ccc(OC)cc1)Cc1nc2ccccc2c(=O)[nH]1. The first-order chi connectivity index (χ1) is 14.1. The molecule has 7 heteroatoms. The molecule has 0 radical (unpaired) electrons. The van der Waals surface area contributed by atoms with Gasteiger partial charge in [-0.1, -0.05) is 24.3 Å². The number of hydrogen-bond donors (Lipinski definition) is 3. The standard InChI is InChI=1S/C22H26N4O3/c1-3-26(14-20-24-19-7-5-4-6-18(19)22(28)25-20)15-21(27)23-13-12-16-8-10-17(29-2)11-9-16/h4-11H,3,12-15H2,1-2H3,(H,23,27)(H,24,25,28)/p+1. The lowest BCUT2D eigenvalue weighted by Gasteiger charge is -2.17. The minimum atomic E-state index is -0.148. The number of nitrogens with zero attached hydrogens (tertiary/aromatic N) is 1. The summed E-state index contributed by atoms with van der Waals surface area (Å²) in [6.07, 6.45) is 0.761. The number of aromatic amines is 1. The summed E-state index contributed by atoms with van der Waals surface area (Å²) in [7, 11) is 1.64. The maximum Gasteiger partial charge on any atom is 0.275 e. The van der Waals surface area contributed by atoms with Gasteiger partial charge in [0.15, 0.2) is 12.4 Å². The fraction of sp³-hybridized carbons (Fsp3) is 0.318. The van der Waals surface area contributed by atoms with Crippen LogP contribution in [0.1, 0.15) is 18.3 Å². The number of quaternary nitrogens is 1. The molecule has 0 bridgehead atoms. The molecule has 0 saturated carbocycles. The molecule has 7 nitrogen and oxygen atoms in total. The van der Waals surface area contributed by atoms with Crippen LogP contribution in [0.4, 0.5) is 0 Å². The number of hydrogen-bond acceptors (Lipinski definition) is 4. The van der Waals surface area contributed by atoms with Crippen LogP contribution in [-0.4, -0.2) is 42.6 Å². The third-order valence-corrected chi connectivity index (χ3v) is 4.88. The van der Waals surface area contributed by atoms with Crippen molar-refractivity contribution in [1.29, 1.82) is 0 Å². The van der Waals surface area contributed by atoms with Crippen LogP contribution in [0.2, 0.25) is 0 Å². The first-order valence-corrected chi connectivity index (χ1v) is 9.80. The number of para-hydroxylation sites is 1. The van der Waals surface area contributed by atoms with Gasteiger partial charge in [-0.15, -0.1) is 0 Å². The smallest absolute Gasteiger partial charge is 0.275 e. The highest BCUT2D eigenvalue weighted by Crippen LogP contribution is 2.11. The van der Waals surface area contributed by atoms with Crippen molar-refractivity contribution in [2.45, 2.75) is 19.9 Å². The second-order valence-corrected chi connectivity index (χ2v) is 6.93. The Morgan fingerprint density at radius 2 is 1.93 bits per heavy atom. The molecule has 1 aromatic heterocycles. The normalized spacial score (nSPS) is 11.9. The second kappa shape index (κ2) is 9.84. The summed E-state index contributed by atoms with van der Waals surface area (Å²) >= 11 is 0. The Labute approximate surface area is 169 Å². The van der Waals surface area contributed by atoms with E-state index in [-0.39, 0.29) is 11.5 Å². The van der Waals surface area contributed by atoms with E-state index in [2.05, 4.69) is 15.3 Å². The highest BCUT2D eigenvalue weighted by molar-refractivity contribution is 5.77. The fourth-order valence-corrected chi connectivity index (χ4v) is 3.20. The summed E-state index contributed by atoms with van der Waals surface area (Å²) in [4.78, 5) is 32.9. The summed E-state index contributed by atoms with van der Waals surface area (Å²) in [6, 6.07) is 15.1. The monoisotopic (exact) mass is 395 g/mol. The van der Waals surface area contributed by atoms with E-state index in [9.17, 15) is 9.59 Å². The molecule has 1 atom stereocenters. The quantitative estimate of drug-likeness (QED) is 0.498. The highest BCUT2D eigenvalue weighted by atomic mass is 16.5. The second-order valence-electron chi connectivity index (χ2n) is 6.93. The van der Waals surface area contributed by atoms with Gasteiger partial charge in [0.1, 0.15) is 12.3 Å². The van der Waals surface area contributed by atoms with Gasteiger partial charge in [0.2, 0.25) is 0 Å². The van der Waals surface area contributed by atoms with Crippen LogP contribution >= 0.6 is 0 Å². The van der Waals surface area contributed by atoms with Gasteiger partial charge in [0.25, 0.3) is 11.5 Å². The molecule has 0 saturated heterocycles. The zero-order chi connectivity index (χ0) is 20.6. The number of carbonyl (C=O) groups excluding carboxylic acids is 1. The van der Waals surface area contributed by atoms with Crippen molar-refractivity contribution in [3.05, 3.63) is 70.3 Å². The highest BCUT2D eigenvalue weighted by Gasteiger charge is 2.15. The third-order valence-electron chi connectivity index (χ3n) is 4.88. The molecule has 1 amide bonds. The first-order valence-electron chi connectivity index (χ1n) is 9.80. The molecule has 2 aromatic carbocycles. The Hall–Kier alpha value is -3.19. The number of fused-ring (bicyclic) bond motifs is 1. The number of ether oxygens (including phenoxy) is 1. The van der Waals surface area contributed by atoms with Gasteiger partial charge in [-0.25, -0.2) is 4.98 Å². The van der Waals surface area contributed by atoms with E-state index in [0.29, 0.717) is 36.4 Å². The zero-order valence-corrected chi connectivity index (χ0v) is 16.8. The van der Waals surface area contributed by atoms with Gasteiger partial charge < -0.3 is 19.9 Å². The Morgan fingerprint density at radius 3 is 2.66 bits per heavy atom. The maximum absolute atomic E-state index is 12.3. The van der Waals surface area contributed by atoms with E-state index < -0.39 is 0 Å². The maximum atomic E-state index is 12.3. The molecule has 3 aromatic rings. The molecule has 1 unspecified atom stereocenters. The van der Waals surface area contributed by atoms with Crippen LogP contribution in [0, 0.1) is 0 Å². The molecule has 3 rings (SSSR count). The lowest BCUT2D eigenvalue weighted by atomic mass is 10.1. The van der Waals surface area contributed by atoms with Crippen LogP contribution in [0.15, 0.2) is 53.3 Å². The Kier molecular flexibility index (Phi) is 6.97. The third kappa shape index (κ3) is 5.65. The van der Waals surface area contributed by atoms with Crippen LogP contribution < -0.4 is 20.5 Å². The lowest BCUT2D eigenvalue weighted by molar-refractivity contribution is -0.904. The molecule has 1 heterocycles. The van der Waals surface area contributed by atoms with E-state index in [0.717, 1.165) is 29.2 Å². The van der Waals surface area contributed by atoms with Crippen LogP contribution in [0.5, 0.6) is 5.75 Å². The summed E-state index contributed by atoms with van der Waals surface area (Å²) in [5.41, 5.74) is 1.67. The zero-order valence-electron chi connectivity index (χ0n) is 16.8. The van der Waals surface area contributed by atoms with Crippen LogP contribution in [0.3, 0.4) is 0 Å². The van der Waals surface area contributed by atoms with E-state index in [1.807, 2.05) is 49.4 Å². The molecule has 0 aliphatic carbocycles. The minimum Gasteiger partial charge on any atom is -0.497 e. The van der Waals surface area contributed by atoms with Crippen molar-refractivity contribution in [3.63, 3.8) is 0 Å².